The summed E-state index contributed by atoms with van der Waals surface area (Å²) in [7, 11) is 4.56. The fraction of sp³-hybridized carbons (Fsp3) is 0.296. The molecule has 0 spiro atoms. The smallest absolute Gasteiger partial charge is 0.415 e. The van der Waals surface area contributed by atoms with E-state index in [0.717, 1.165) is 0 Å². The Hall–Kier alpha value is -4.89. The summed E-state index contributed by atoms with van der Waals surface area (Å²) >= 11 is 0. The quantitative estimate of drug-likeness (QED) is 0.483. The van der Waals surface area contributed by atoms with E-state index < -0.39 is 12.0 Å². The number of amides is 1. The molecule has 0 bridgehead atoms. The third-order valence-corrected chi connectivity index (χ3v) is 6.59. The Labute approximate surface area is 224 Å². The summed E-state index contributed by atoms with van der Waals surface area (Å²) in [6.45, 7) is 1.72. The van der Waals surface area contributed by atoms with Crippen molar-refractivity contribution >= 4 is 6.09 Å². The van der Waals surface area contributed by atoms with E-state index >= 15 is 0 Å². The van der Waals surface area contributed by atoms with Gasteiger partial charge in [-0.25, -0.2) is 4.79 Å². The van der Waals surface area contributed by atoms with Crippen LogP contribution in [0.4, 0.5) is 4.79 Å². The SMILES string of the molecule is COc1cc(-c2[nH]nc3c2C(c2ccccc2OC(=O)N2CCOCC2)C(C#N)=C(N)O3)cc(OC)c1OC. The van der Waals surface area contributed by atoms with Gasteiger partial charge < -0.3 is 39.1 Å². The molecule has 3 N–H and O–H groups in total. The molecular formula is C27H27N5O7. The molecule has 2 aliphatic rings. The number of morpholine rings is 1. The van der Waals surface area contributed by atoms with E-state index in [-0.39, 0.29) is 23.1 Å². The summed E-state index contributed by atoms with van der Waals surface area (Å²) < 4.78 is 33.4. The van der Waals surface area contributed by atoms with Crippen molar-refractivity contribution in [3.05, 3.63) is 59.0 Å². The van der Waals surface area contributed by atoms with Crippen molar-refractivity contribution in [2.75, 3.05) is 47.6 Å². The van der Waals surface area contributed by atoms with Crippen LogP contribution in [0.2, 0.25) is 0 Å². The van der Waals surface area contributed by atoms with Crippen molar-refractivity contribution in [3.63, 3.8) is 0 Å². The number of hydrogen-bond acceptors (Lipinski definition) is 10. The van der Waals surface area contributed by atoms with Gasteiger partial charge in [-0.1, -0.05) is 18.2 Å². The van der Waals surface area contributed by atoms with Gasteiger partial charge in [-0.05, 0) is 18.2 Å². The lowest BCUT2D eigenvalue weighted by Crippen LogP contribution is -2.42. The third-order valence-electron chi connectivity index (χ3n) is 6.59. The van der Waals surface area contributed by atoms with Crippen LogP contribution in [0.5, 0.6) is 28.9 Å². The second kappa shape index (κ2) is 10.8. The standard InChI is InChI=1S/C27H27N5O7/c1-34-19-12-15(13-20(35-2)24(19)36-3)23-22-21(17(14-28)25(29)39-26(22)31-30-23)16-6-4-5-7-18(16)38-27(33)32-8-10-37-11-9-32/h4-7,12-13,21H,8-11,29H2,1-3H3,(H,30,31). The number of nitriles is 1. The number of allylic oxidation sites excluding steroid dienone is 1. The Morgan fingerprint density at radius 1 is 1.10 bits per heavy atom. The van der Waals surface area contributed by atoms with Gasteiger partial charge in [0.2, 0.25) is 17.5 Å². The summed E-state index contributed by atoms with van der Waals surface area (Å²) in [5.41, 5.74) is 8.55. The maximum absolute atomic E-state index is 13.0. The lowest BCUT2D eigenvalue weighted by atomic mass is 9.82. The van der Waals surface area contributed by atoms with Crippen LogP contribution in [0, 0.1) is 11.3 Å². The summed E-state index contributed by atoms with van der Waals surface area (Å²) in [6.07, 6.45) is -0.509. The summed E-state index contributed by atoms with van der Waals surface area (Å²) in [4.78, 5) is 14.5. The van der Waals surface area contributed by atoms with Crippen molar-refractivity contribution in [3.8, 4) is 46.2 Å². The molecule has 3 aromatic rings. The molecule has 2 aromatic carbocycles. The van der Waals surface area contributed by atoms with Crippen LogP contribution in [-0.4, -0.2) is 68.8 Å². The van der Waals surface area contributed by atoms with Crippen LogP contribution in [0.15, 0.2) is 47.9 Å². The van der Waals surface area contributed by atoms with Crippen molar-refractivity contribution in [1.82, 2.24) is 15.1 Å². The van der Waals surface area contributed by atoms with E-state index in [0.29, 0.717) is 65.9 Å². The maximum Gasteiger partial charge on any atom is 0.415 e. The molecule has 1 aromatic heterocycles. The number of rotatable bonds is 6. The Morgan fingerprint density at radius 3 is 2.44 bits per heavy atom. The monoisotopic (exact) mass is 533 g/mol. The van der Waals surface area contributed by atoms with Crippen LogP contribution < -0.4 is 29.4 Å². The van der Waals surface area contributed by atoms with Gasteiger partial charge in [-0.3, -0.25) is 5.10 Å². The minimum atomic E-state index is -0.764. The predicted molar refractivity (Wildman–Crippen MR) is 138 cm³/mol. The number of benzene rings is 2. The van der Waals surface area contributed by atoms with E-state index in [2.05, 4.69) is 16.3 Å². The molecule has 12 heteroatoms. The summed E-state index contributed by atoms with van der Waals surface area (Å²) in [5.74, 6) is 0.899. The van der Waals surface area contributed by atoms with Gasteiger partial charge in [0, 0.05) is 24.2 Å². The highest BCUT2D eigenvalue weighted by Gasteiger charge is 2.38. The second-order valence-corrected chi connectivity index (χ2v) is 8.66. The highest BCUT2D eigenvalue weighted by atomic mass is 16.6. The van der Waals surface area contributed by atoms with Crippen LogP contribution >= 0.6 is 0 Å². The molecule has 0 aliphatic carbocycles. The highest BCUT2D eigenvalue weighted by molar-refractivity contribution is 5.76. The number of methoxy groups -OCH3 is 3. The first-order chi connectivity index (χ1) is 19.0. The van der Waals surface area contributed by atoms with Crippen molar-refractivity contribution in [2.45, 2.75) is 5.92 Å². The Bertz CT molecular complexity index is 1440. The lowest BCUT2D eigenvalue weighted by Gasteiger charge is -2.28. The molecule has 3 heterocycles. The minimum Gasteiger partial charge on any atom is -0.493 e. The first-order valence-corrected chi connectivity index (χ1v) is 12.1. The molecule has 202 valence electrons. The third kappa shape index (κ3) is 4.64. The molecule has 1 fully saturated rings. The molecule has 0 saturated carbocycles. The minimum absolute atomic E-state index is 0.0905. The van der Waals surface area contributed by atoms with E-state index in [4.69, 9.17) is 34.2 Å². The number of nitrogens with one attached hydrogen (secondary N) is 1. The Balaban J connectivity index is 1.64. The molecule has 2 aliphatic heterocycles. The van der Waals surface area contributed by atoms with Gasteiger partial charge in [0.05, 0.1) is 51.7 Å². The average molecular weight is 534 g/mol. The first-order valence-electron chi connectivity index (χ1n) is 12.1. The second-order valence-electron chi connectivity index (χ2n) is 8.66. The van der Waals surface area contributed by atoms with Crippen molar-refractivity contribution < 1.29 is 33.2 Å². The molecule has 1 unspecified atom stereocenters. The number of para-hydroxylation sites is 1. The number of H-pyrrole nitrogens is 1. The summed E-state index contributed by atoms with van der Waals surface area (Å²) in [5, 5.41) is 17.5. The largest absolute Gasteiger partial charge is 0.493 e. The topological polar surface area (TPSA) is 154 Å². The van der Waals surface area contributed by atoms with Crippen molar-refractivity contribution in [1.29, 1.82) is 5.26 Å². The molecule has 12 nitrogen and oxygen atoms in total. The highest BCUT2D eigenvalue weighted by Crippen LogP contribution is 2.49. The number of aromatic amines is 1. The van der Waals surface area contributed by atoms with Crippen LogP contribution in [0.3, 0.4) is 0 Å². The van der Waals surface area contributed by atoms with E-state index in [1.807, 2.05) is 0 Å². The number of carbonyl (C=O) groups excluding carboxylic acids is 1. The molecule has 1 amide bonds. The van der Waals surface area contributed by atoms with Gasteiger partial charge in [0.1, 0.15) is 17.4 Å². The zero-order valence-electron chi connectivity index (χ0n) is 21.6. The number of hydrogen-bond donors (Lipinski definition) is 2. The molecular weight excluding hydrogens is 506 g/mol. The van der Waals surface area contributed by atoms with Crippen LogP contribution in [-0.2, 0) is 4.74 Å². The maximum atomic E-state index is 13.0. The van der Waals surface area contributed by atoms with E-state index in [1.54, 1.807) is 41.3 Å². The molecule has 5 rings (SSSR count). The number of ether oxygens (including phenoxy) is 6. The van der Waals surface area contributed by atoms with Crippen LogP contribution in [0.1, 0.15) is 17.0 Å². The Morgan fingerprint density at radius 2 is 1.79 bits per heavy atom. The fourth-order valence-electron chi connectivity index (χ4n) is 4.72. The molecule has 0 radical (unpaired) electrons. The Kier molecular flexibility index (Phi) is 7.16. The molecule has 39 heavy (non-hydrogen) atoms. The lowest BCUT2D eigenvalue weighted by molar-refractivity contribution is 0.0415. The van der Waals surface area contributed by atoms with Crippen LogP contribution in [0.25, 0.3) is 11.3 Å². The first kappa shape index (κ1) is 25.7. The summed E-state index contributed by atoms with van der Waals surface area (Å²) in [6, 6.07) is 12.7. The number of nitrogens with zero attached hydrogens (tertiary/aromatic N) is 3. The number of carbonyl (C=O) groups is 1. The fourth-order valence-corrected chi connectivity index (χ4v) is 4.72. The van der Waals surface area contributed by atoms with Gasteiger partial charge in [-0.2, -0.15) is 5.26 Å². The molecule has 1 atom stereocenters. The van der Waals surface area contributed by atoms with E-state index in [9.17, 15) is 10.1 Å². The van der Waals surface area contributed by atoms with Gasteiger partial charge >= 0.3 is 6.09 Å². The number of fused-ring (bicyclic) bond motifs is 1. The van der Waals surface area contributed by atoms with Gasteiger partial charge in [0.15, 0.2) is 11.5 Å². The molecule has 1 saturated heterocycles. The van der Waals surface area contributed by atoms with Crippen molar-refractivity contribution in [2.24, 2.45) is 5.73 Å². The zero-order valence-corrected chi connectivity index (χ0v) is 21.6. The zero-order chi connectivity index (χ0) is 27.5. The normalized spacial score (nSPS) is 16.6. The number of aromatic nitrogens is 2. The average Bonchev–Trinajstić information content (AvgIpc) is 3.39. The number of nitrogens with two attached hydrogens (primary N) is 1. The van der Waals surface area contributed by atoms with E-state index in [1.165, 1.54) is 21.3 Å². The van der Waals surface area contributed by atoms with Gasteiger partial charge in [-0.15, -0.1) is 5.10 Å². The van der Waals surface area contributed by atoms with Gasteiger partial charge in [0.25, 0.3) is 0 Å². The predicted octanol–water partition coefficient (Wildman–Crippen LogP) is 3.15.